The van der Waals surface area contributed by atoms with Gasteiger partial charge in [0.15, 0.2) is 0 Å². The van der Waals surface area contributed by atoms with Crippen LogP contribution in [-0.4, -0.2) is 11.1 Å². The molecular weight excluding hydrogens is 174 g/mol. The quantitative estimate of drug-likeness (QED) is 0.770. The maximum Gasteiger partial charge on any atom is 0.144 e. The van der Waals surface area contributed by atoms with Crippen LogP contribution in [0.2, 0.25) is 0 Å². The molecule has 0 aliphatic rings. The molecule has 0 saturated heterocycles. The summed E-state index contributed by atoms with van der Waals surface area (Å²) in [5, 5.41) is 1.17. The van der Waals surface area contributed by atoms with Crippen molar-refractivity contribution in [3.05, 3.63) is 30.0 Å². The molecule has 2 rings (SSSR count). The number of hydrogen-bond acceptors (Lipinski definition) is 1. The summed E-state index contributed by atoms with van der Waals surface area (Å²) in [4.78, 5) is 3.20. The summed E-state index contributed by atoms with van der Waals surface area (Å²) in [5.74, 6) is 0.943. The molecule has 0 unspecified atom stereocenters. The Morgan fingerprint density at radius 2 is 2.07 bits per heavy atom. The minimum atomic E-state index is 0.217. The second kappa shape index (κ2) is 3.37. The Kier molecular flexibility index (Phi) is 2.20. The zero-order valence-electron chi connectivity index (χ0n) is 8.79. The van der Waals surface area contributed by atoms with Crippen LogP contribution >= 0.6 is 0 Å². The summed E-state index contributed by atoms with van der Waals surface area (Å²) >= 11 is 0. The van der Waals surface area contributed by atoms with Gasteiger partial charge in [0.2, 0.25) is 0 Å². The molecule has 0 saturated carbocycles. The van der Waals surface area contributed by atoms with Gasteiger partial charge in [-0.3, -0.25) is 0 Å². The van der Waals surface area contributed by atoms with Crippen LogP contribution in [0.25, 0.3) is 10.9 Å². The molecule has 0 aliphatic carbocycles. The van der Waals surface area contributed by atoms with Crippen LogP contribution in [0.3, 0.4) is 0 Å². The van der Waals surface area contributed by atoms with E-state index in [2.05, 4.69) is 30.1 Å². The SMILES string of the molecule is Cc1ccc2[nH]cc(OC(C)C)c2c1. The van der Waals surface area contributed by atoms with E-state index in [0.717, 1.165) is 11.3 Å². The first-order valence-corrected chi connectivity index (χ1v) is 4.91. The van der Waals surface area contributed by atoms with Crippen molar-refractivity contribution >= 4 is 10.9 Å². The van der Waals surface area contributed by atoms with Gasteiger partial charge >= 0.3 is 0 Å². The second-order valence-corrected chi connectivity index (χ2v) is 3.87. The van der Waals surface area contributed by atoms with Gasteiger partial charge < -0.3 is 9.72 Å². The third-order valence-electron chi connectivity index (χ3n) is 2.16. The van der Waals surface area contributed by atoms with Gasteiger partial charge in [0.1, 0.15) is 5.75 Å². The number of rotatable bonds is 2. The molecule has 74 valence electrons. The van der Waals surface area contributed by atoms with E-state index in [4.69, 9.17) is 4.74 Å². The highest BCUT2D eigenvalue weighted by Gasteiger charge is 2.05. The number of ether oxygens (including phenoxy) is 1. The molecule has 14 heavy (non-hydrogen) atoms. The Hall–Kier alpha value is -1.44. The van der Waals surface area contributed by atoms with Gasteiger partial charge in [-0.15, -0.1) is 0 Å². The van der Waals surface area contributed by atoms with Crippen molar-refractivity contribution in [3.8, 4) is 5.75 Å². The van der Waals surface area contributed by atoms with E-state index >= 15 is 0 Å². The Balaban J connectivity index is 2.50. The van der Waals surface area contributed by atoms with E-state index in [1.54, 1.807) is 0 Å². The van der Waals surface area contributed by atoms with Crippen molar-refractivity contribution in [2.75, 3.05) is 0 Å². The largest absolute Gasteiger partial charge is 0.489 e. The minimum Gasteiger partial charge on any atom is -0.489 e. The fraction of sp³-hybridized carbons (Fsp3) is 0.333. The van der Waals surface area contributed by atoms with Gasteiger partial charge in [-0.2, -0.15) is 0 Å². The molecule has 2 nitrogen and oxygen atoms in total. The maximum absolute atomic E-state index is 5.69. The number of fused-ring (bicyclic) bond motifs is 1. The maximum atomic E-state index is 5.69. The Morgan fingerprint density at radius 3 is 2.79 bits per heavy atom. The first kappa shape index (κ1) is 9.13. The number of H-pyrrole nitrogens is 1. The number of aromatic amines is 1. The molecule has 0 fully saturated rings. The van der Waals surface area contributed by atoms with Gasteiger partial charge in [0.05, 0.1) is 6.10 Å². The smallest absolute Gasteiger partial charge is 0.144 e. The predicted molar refractivity (Wildman–Crippen MR) is 58.8 cm³/mol. The van der Waals surface area contributed by atoms with Crippen LogP contribution in [0.5, 0.6) is 5.75 Å². The van der Waals surface area contributed by atoms with E-state index in [1.807, 2.05) is 20.0 Å². The second-order valence-electron chi connectivity index (χ2n) is 3.87. The third-order valence-corrected chi connectivity index (χ3v) is 2.16. The molecule has 0 bridgehead atoms. The van der Waals surface area contributed by atoms with E-state index in [1.165, 1.54) is 10.9 Å². The molecule has 0 atom stereocenters. The lowest BCUT2D eigenvalue weighted by Crippen LogP contribution is -2.04. The van der Waals surface area contributed by atoms with Crippen molar-refractivity contribution < 1.29 is 4.74 Å². The van der Waals surface area contributed by atoms with Gasteiger partial charge in [-0.25, -0.2) is 0 Å². The highest BCUT2D eigenvalue weighted by molar-refractivity contribution is 5.86. The molecule has 2 aromatic rings. The fourth-order valence-corrected chi connectivity index (χ4v) is 1.56. The lowest BCUT2D eigenvalue weighted by atomic mass is 10.2. The first-order chi connectivity index (χ1) is 6.66. The number of benzene rings is 1. The van der Waals surface area contributed by atoms with Crippen LogP contribution in [0.1, 0.15) is 19.4 Å². The third kappa shape index (κ3) is 1.60. The number of hydrogen-bond donors (Lipinski definition) is 1. The molecular formula is C12H15NO. The van der Waals surface area contributed by atoms with Gasteiger partial charge in [-0.05, 0) is 32.9 Å². The van der Waals surface area contributed by atoms with Crippen molar-refractivity contribution in [3.63, 3.8) is 0 Å². The number of aromatic nitrogens is 1. The van der Waals surface area contributed by atoms with Crippen LogP contribution in [0.15, 0.2) is 24.4 Å². The van der Waals surface area contributed by atoms with Crippen molar-refractivity contribution in [1.82, 2.24) is 4.98 Å². The lowest BCUT2D eigenvalue weighted by Gasteiger charge is -2.07. The molecule has 1 aromatic heterocycles. The van der Waals surface area contributed by atoms with Crippen LogP contribution in [-0.2, 0) is 0 Å². The monoisotopic (exact) mass is 189 g/mol. The van der Waals surface area contributed by atoms with Gasteiger partial charge in [0.25, 0.3) is 0 Å². The molecule has 0 amide bonds. The predicted octanol–water partition coefficient (Wildman–Crippen LogP) is 3.26. The lowest BCUT2D eigenvalue weighted by molar-refractivity contribution is 0.245. The molecule has 1 N–H and O–H groups in total. The van der Waals surface area contributed by atoms with Crippen molar-refractivity contribution in [2.24, 2.45) is 0 Å². The Labute approximate surface area is 83.9 Å². The average Bonchev–Trinajstić information content (AvgIpc) is 2.47. The molecule has 1 aromatic carbocycles. The van der Waals surface area contributed by atoms with E-state index in [-0.39, 0.29) is 6.10 Å². The first-order valence-electron chi connectivity index (χ1n) is 4.91. The molecule has 0 radical (unpaired) electrons. The highest BCUT2D eigenvalue weighted by atomic mass is 16.5. The summed E-state index contributed by atoms with van der Waals surface area (Å²) < 4.78 is 5.69. The topological polar surface area (TPSA) is 25.0 Å². The van der Waals surface area contributed by atoms with Crippen LogP contribution < -0.4 is 4.74 Å². The zero-order chi connectivity index (χ0) is 10.1. The molecule has 2 heteroatoms. The standard InChI is InChI=1S/C12H15NO/c1-8(2)14-12-7-13-11-5-4-9(3)6-10(11)12/h4-8,13H,1-3H3. The summed E-state index contributed by atoms with van der Waals surface area (Å²) in [6, 6.07) is 6.32. The molecule has 0 aliphatic heterocycles. The van der Waals surface area contributed by atoms with Crippen LogP contribution in [0.4, 0.5) is 0 Å². The average molecular weight is 189 g/mol. The Bertz CT molecular complexity index is 443. The number of aryl methyl sites for hydroxylation is 1. The normalized spacial score (nSPS) is 11.1. The number of nitrogens with one attached hydrogen (secondary N) is 1. The molecule has 0 spiro atoms. The van der Waals surface area contributed by atoms with E-state index in [0.29, 0.717) is 0 Å². The summed E-state index contributed by atoms with van der Waals surface area (Å²) in [5.41, 5.74) is 2.39. The minimum absolute atomic E-state index is 0.217. The Morgan fingerprint density at radius 1 is 1.29 bits per heavy atom. The summed E-state index contributed by atoms with van der Waals surface area (Å²) in [6.07, 6.45) is 2.14. The summed E-state index contributed by atoms with van der Waals surface area (Å²) in [7, 11) is 0. The molecule has 1 heterocycles. The van der Waals surface area contributed by atoms with Gasteiger partial charge in [-0.1, -0.05) is 11.6 Å². The van der Waals surface area contributed by atoms with Gasteiger partial charge in [0, 0.05) is 17.1 Å². The van der Waals surface area contributed by atoms with Crippen molar-refractivity contribution in [1.29, 1.82) is 0 Å². The highest BCUT2D eigenvalue weighted by Crippen LogP contribution is 2.26. The summed E-state index contributed by atoms with van der Waals surface area (Å²) in [6.45, 7) is 6.16. The van der Waals surface area contributed by atoms with Crippen LogP contribution in [0, 0.1) is 6.92 Å². The fourth-order valence-electron chi connectivity index (χ4n) is 1.56. The van der Waals surface area contributed by atoms with Crippen molar-refractivity contribution in [2.45, 2.75) is 26.9 Å². The van der Waals surface area contributed by atoms with E-state index < -0.39 is 0 Å². The zero-order valence-corrected chi connectivity index (χ0v) is 8.79. The van der Waals surface area contributed by atoms with E-state index in [9.17, 15) is 0 Å².